The number of pyridine rings is 1. The molecule has 0 aromatic carbocycles. The van der Waals surface area contributed by atoms with Crippen LogP contribution in [0.25, 0.3) is 0 Å². The zero-order valence-corrected chi connectivity index (χ0v) is 13.5. The van der Waals surface area contributed by atoms with Crippen LogP contribution in [0.4, 0.5) is 0 Å². The van der Waals surface area contributed by atoms with Crippen LogP contribution in [0.1, 0.15) is 34.1 Å². The molecule has 1 rings (SSSR count). The number of rotatable bonds is 7. The van der Waals surface area contributed by atoms with Crippen molar-refractivity contribution < 1.29 is 14.7 Å². The Hall–Kier alpha value is -2.11. The van der Waals surface area contributed by atoms with Crippen LogP contribution < -0.4 is 10.9 Å². The van der Waals surface area contributed by atoms with Gasteiger partial charge in [-0.3, -0.25) is 9.59 Å². The molecule has 6 heteroatoms. The molecule has 0 saturated carbocycles. The minimum atomic E-state index is -1.05. The number of nitrogens with one attached hydrogen (secondary N) is 1. The molecule has 2 unspecified atom stereocenters. The van der Waals surface area contributed by atoms with Crippen molar-refractivity contribution in [2.24, 2.45) is 11.3 Å². The van der Waals surface area contributed by atoms with E-state index in [1.165, 1.54) is 10.6 Å². The average molecular weight is 308 g/mol. The van der Waals surface area contributed by atoms with E-state index in [-0.39, 0.29) is 23.9 Å². The van der Waals surface area contributed by atoms with Crippen LogP contribution in [0.5, 0.6) is 0 Å². The molecule has 2 N–H and O–H groups in total. The van der Waals surface area contributed by atoms with Gasteiger partial charge in [0.25, 0.3) is 5.56 Å². The second-order valence-electron chi connectivity index (χ2n) is 6.23. The summed E-state index contributed by atoms with van der Waals surface area (Å²) in [6.45, 7) is 7.23. The quantitative estimate of drug-likeness (QED) is 0.799. The molecular weight excluding hydrogens is 284 g/mol. The van der Waals surface area contributed by atoms with Gasteiger partial charge in [-0.05, 0) is 25.8 Å². The van der Waals surface area contributed by atoms with Crippen molar-refractivity contribution in [2.45, 2.75) is 46.7 Å². The van der Waals surface area contributed by atoms with Crippen LogP contribution in [0, 0.1) is 11.3 Å². The Bertz CT molecular complexity index is 592. The Morgan fingerprint density at radius 3 is 2.50 bits per heavy atom. The highest BCUT2D eigenvalue weighted by molar-refractivity contribution is 5.87. The lowest BCUT2D eigenvalue weighted by molar-refractivity contribution is -0.145. The molecule has 0 bridgehead atoms. The molecule has 122 valence electrons. The van der Waals surface area contributed by atoms with Crippen LogP contribution in [0.3, 0.4) is 0 Å². The molecule has 0 aliphatic carbocycles. The Morgan fingerprint density at radius 2 is 2.00 bits per heavy atom. The first-order valence-corrected chi connectivity index (χ1v) is 7.38. The Morgan fingerprint density at radius 1 is 1.36 bits per heavy atom. The molecule has 1 aromatic rings. The van der Waals surface area contributed by atoms with Crippen molar-refractivity contribution >= 4 is 11.9 Å². The molecule has 0 fully saturated rings. The smallest absolute Gasteiger partial charge is 0.326 e. The van der Waals surface area contributed by atoms with Crippen LogP contribution in [0.15, 0.2) is 29.2 Å². The first kappa shape index (κ1) is 17.9. The van der Waals surface area contributed by atoms with Crippen molar-refractivity contribution in [3.8, 4) is 0 Å². The number of carbonyl (C=O) groups is 2. The van der Waals surface area contributed by atoms with Gasteiger partial charge in [0.05, 0.1) is 5.41 Å². The summed E-state index contributed by atoms with van der Waals surface area (Å²) in [5.74, 6) is -1.59. The summed E-state index contributed by atoms with van der Waals surface area (Å²) in [5.41, 5.74) is -1.09. The third-order valence-corrected chi connectivity index (χ3v) is 3.84. The summed E-state index contributed by atoms with van der Waals surface area (Å²) >= 11 is 0. The maximum absolute atomic E-state index is 12.4. The second kappa shape index (κ2) is 7.24. The highest BCUT2D eigenvalue weighted by Gasteiger charge is 2.33. The van der Waals surface area contributed by atoms with Crippen LogP contribution in [0.2, 0.25) is 0 Å². The predicted octanol–water partition coefficient (Wildman–Crippen LogP) is 1.49. The van der Waals surface area contributed by atoms with E-state index in [0.717, 1.165) is 0 Å². The molecule has 2 atom stereocenters. The number of aliphatic carboxylic acids is 1. The third kappa shape index (κ3) is 4.44. The Labute approximate surface area is 130 Å². The summed E-state index contributed by atoms with van der Waals surface area (Å²) in [4.78, 5) is 35.5. The topological polar surface area (TPSA) is 88.4 Å². The van der Waals surface area contributed by atoms with Gasteiger partial charge in [0.2, 0.25) is 5.91 Å². The van der Waals surface area contributed by atoms with E-state index in [1.54, 1.807) is 39.1 Å². The molecule has 0 radical (unpaired) electrons. The maximum atomic E-state index is 12.4. The number of carbonyl (C=O) groups excluding carboxylic acids is 1. The van der Waals surface area contributed by atoms with Gasteiger partial charge in [0, 0.05) is 18.8 Å². The first-order valence-electron chi connectivity index (χ1n) is 7.38. The second-order valence-corrected chi connectivity index (χ2v) is 6.23. The van der Waals surface area contributed by atoms with Gasteiger partial charge >= 0.3 is 5.97 Å². The fourth-order valence-corrected chi connectivity index (χ4v) is 2.11. The van der Waals surface area contributed by atoms with Gasteiger partial charge in [-0.2, -0.15) is 0 Å². The van der Waals surface area contributed by atoms with Crippen LogP contribution >= 0.6 is 0 Å². The van der Waals surface area contributed by atoms with Crippen LogP contribution in [-0.2, 0) is 16.1 Å². The fraction of sp³-hybridized carbons (Fsp3) is 0.562. The number of carboxylic acids is 1. The van der Waals surface area contributed by atoms with Crippen molar-refractivity contribution in [3.63, 3.8) is 0 Å². The van der Waals surface area contributed by atoms with Crippen molar-refractivity contribution in [1.82, 2.24) is 9.88 Å². The molecule has 0 aliphatic heterocycles. The van der Waals surface area contributed by atoms with E-state index < -0.39 is 17.4 Å². The van der Waals surface area contributed by atoms with E-state index in [1.807, 2.05) is 6.92 Å². The van der Waals surface area contributed by atoms with Crippen LogP contribution in [-0.4, -0.2) is 27.6 Å². The molecular formula is C16H24N2O4. The number of amides is 1. The standard InChI is InChI=1S/C16H24N2O4/c1-5-11(2)13(14(20)21)17-15(22)16(3,4)10-18-9-7-6-8-12(18)19/h6-9,11,13H,5,10H2,1-4H3,(H,17,22)(H,20,21). The number of aromatic nitrogens is 1. The molecule has 1 aromatic heterocycles. The van der Waals surface area contributed by atoms with E-state index in [0.29, 0.717) is 6.42 Å². The van der Waals surface area contributed by atoms with Crippen molar-refractivity contribution in [1.29, 1.82) is 0 Å². The van der Waals surface area contributed by atoms with E-state index >= 15 is 0 Å². The van der Waals surface area contributed by atoms with Crippen molar-refractivity contribution in [2.75, 3.05) is 0 Å². The zero-order chi connectivity index (χ0) is 16.9. The van der Waals surface area contributed by atoms with Gasteiger partial charge in [0.1, 0.15) is 6.04 Å². The van der Waals surface area contributed by atoms with Gasteiger partial charge in [-0.1, -0.05) is 26.3 Å². The number of nitrogens with zero attached hydrogens (tertiary/aromatic N) is 1. The normalized spacial score (nSPS) is 14.2. The Balaban J connectivity index is 2.88. The number of hydrogen-bond acceptors (Lipinski definition) is 3. The molecule has 22 heavy (non-hydrogen) atoms. The number of hydrogen-bond donors (Lipinski definition) is 2. The van der Waals surface area contributed by atoms with E-state index in [2.05, 4.69) is 5.32 Å². The monoisotopic (exact) mass is 308 g/mol. The largest absolute Gasteiger partial charge is 0.480 e. The first-order chi connectivity index (χ1) is 10.2. The lowest BCUT2D eigenvalue weighted by Gasteiger charge is -2.28. The summed E-state index contributed by atoms with van der Waals surface area (Å²) in [6.07, 6.45) is 2.26. The maximum Gasteiger partial charge on any atom is 0.326 e. The zero-order valence-electron chi connectivity index (χ0n) is 13.5. The lowest BCUT2D eigenvalue weighted by atomic mass is 9.90. The molecule has 1 amide bonds. The summed E-state index contributed by atoms with van der Waals surface area (Å²) in [5, 5.41) is 11.8. The summed E-state index contributed by atoms with van der Waals surface area (Å²) < 4.78 is 1.44. The lowest BCUT2D eigenvalue weighted by Crippen LogP contribution is -2.51. The highest BCUT2D eigenvalue weighted by atomic mass is 16.4. The van der Waals surface area contributed by atoms with Gasteiger partial charge < -0.3 is 15.0 Å². The molecule has 0 spiro atoms. The molecule has 1 heterocycles. The van der Waals surface area contributed by atoms with E-state index in [9.17, 15) is 19.5 Å². The number of carboxylic acid groups (broad SMARTS) is 1. The summed E-state index contributed by atoms with van der Waals surface area (Å²) in [6, 6.07) is 3.85. The SMILES string of the molecule is CCC(C)C(NC(=O)C(C)(C)Cn1ccccc1=O)C(=O)O. The minimum Gasteiger partial charge on any atom is -0.480 e. The fourth-order valence-electron chi connectivity index (χ4n) is 2.11. The Kier molecular flexibility index (Phi) is 5.91. The van der Waals surface area contributed by atoms with Gasteiger partial charge in [0.15, 0.2) is 0 Å². The third-order valence-electron chi connectivity index (χ3n) is 3.84. The highest BCUT2D eigenvalue weighted by Crippen LogP contribution is 2.19. The molecule has 6 nitrogen and oxygen atoms in total. The minimum absolute atomic E-state index is 0.170. The summed E-state index contributed by atoms with van der Waals surface area (Å²) in [7, 11) is 0. The van der Waals surface area contributed by atoms with Gasteiger partial charge in [-0.15, -0.1) is 0 Å². The van der Waals surface area contributed by atoms with Crippen molar-refractivity contribution in [3.05, 3.63) is 34.7 Å². The predicted molar refractivity (Wildman–Crippen MR) is 83.5 cm³/mol. The molecule has 0 saturated heterocycles. The van der Waals surface area contributed by atoms with E-state index in [4.69, 9.17) is 0 Å². The average Bonchev–Trinajstić information content (AvgIpc) is 2.45. The molecule has 0 aliphatic rings. The van der Waals surface area contributed by atoms with Gasteiger partial charge in [-0.25, -0.2) is 4.79 Å².